The van der Waals surface area contributed by atoms with Gasteiger partial charge < -0.3 is 4.74 Å². The first-order chi connectivity index (χ1) is 9.54. The molecule has 20 heavy (non-hydrogen) atoms. The molecule has 1 aliphatic rings. The first kappa shape index (κ1) is 15.8. The van der Waals surface area contributed by atoms with Gasteiger partial charge >= 0.3 is 0 Å². The molecular formula is C16H25BrN2O. The van der Waals surface area contributed by atoms with E-state index in [9.17, 15) is 0 Å². The van der Waals surface area contributed by atoms with E-state index in [0.29, 0.717) is 10.9 Å². The smallest absolute Gasteiger partial charge is 0.128 e. The number of hydrogen-bond acceptors (Lipinski definition) is 3. The Morgan fingerprint density at radius 3 is 2.70 bits per heavy atom. The van der Waals surface area contributed by atoms with Gasteiger partial charge in [0.05, 0.1) is 12.8 Å². The lowest BCUT2D eigenvalue weighted by Gasteiger charge is -2.35. The van der Waals surface area contributed by atoms with Gasteiger partial charge in [0.15, 0.2) is 0 Å². The van der Waals surface area contributed by atoms with Crippen LogP contribution in [-0.4, -0.2) is 34.9 Å². The number of rotatable bonds is 4. The maximum atomic E-state index is 5.50. The molecule has 0 amide bonds. The number of aromatic nitrogens is 1. The normalized spacial score (nSPS) is 23.1. The van der Waals surface area contributed by atoms with Crippen molar-refractivity contribution in [1.82, 2.24) is 9.88 Å². The van der Waals surface area contributed by atoms with Crippen LogP contribution in [0.2, 0.25) is 0 Å². The number of nitrogens with zero attached hydrogens (tertiary/aromatic N) is 2. The van der Waals surface area contributed by atoms with Crippen LogP contribution in [0.3, 0.4) is 0 Å². The van der Waals surface area contributed by atoms with E-state index in [1.807, 2.05) is 13.1 Å². The van der Waals surface area contributed by atoms with E-state index in [4.69, 9.17) is 4.74 Å². The first-order valence-corrected chi connectivity index (χ1v) is 8.29. The molecule has 1 aromatic heterocycles. The second-order valence-electron chi connectivity index (χ2n) is 5.83. The highest BCUT2D eigenvalue weighted by Crippen LogP contribution is 2.30. The minimum atomic E-state index is 0.605. The Morgan fingerprint density at radius 2 is 2.05 bits per heavy atom. The Hall–Kier alpha value is -0.610. The molecule has 1 fully saturated rings. The van der Waals surface area contributed by atoms with Gasteiger partial charge in [0.25, 0.3) is 0 Å². The van der Waals surface area contributed by atoms with Crippen LogP contribution in [0.15, 0.2) is 6.20 Å². The van der Waals surface area contributed by atoms with E-state index >= 15 is 0 Å². The number of hydrogen-bond donors (Lipinski definition) is 0. The maximum absolute atomic E-state index is 5.50. The molecule has 2 unspecified atom stereocenters. The molecule has 0 bridgehead atoms. The van der Waals surface area contributed by atoms with Crippen molar-refractivity contribution in [2.24, 2.45) is 0 Å². The lowest BCUT2D eigenvalue weighted by molar-refractivity contribution is 0.190. The van der Waals surface area contributed by atoms with Gasteiger partial charge in [0, 0.05) is 34.7 Å². The topological polar surface area (TPSA) is 25.4 Å². The van der Waals surface area contributed by atoms with Crippen LogP contribution in [0.4, 0.5) is 0 Å². The molecule has 0 spiro atoms. The Balaban J connectivity index is 2.13. The minimum absolute atomic E-state index is 0.605. The van der Waals surface area contributed by atoms with E-state index in [1.54, 1.807) is 7.11 Å². The summed E-state index contributed by atoms with van der Waals surface area (Å²) < 4.78 is 5.50. The third-order valence-corrected chi connectivity index (χ3v) is 5.43. The fourth-order valence-corrected chi connectivity index (χ4v) is 4.14. The predicted octanol–water partition coefficient (Wildman–Crippen LogP) is 3.84. The largest absolute Gasteiger partial charge is 0.496 e. The Morgan fingerprint density at radius 1 is 1.35 bits per heavy atom. The van der Waals surface area contributed by atoms with Gasteiger partial charge in [-0.2, -0.15) is 0 Å². The summed E-state index contributed by atoms with van der Waals surface area (Å²) in [5.74, 6) is 0.974. The number of methoxy groups -OCH3 is 1. The van der Waals surface area contributed by atoms with Gasteiger partial charge in [-0.15, -0.1) is 0 Å². The van der Waals surface area contributed by atoms with Crippen LogP contribution >= 0.6 is 15.9 Å². The predicted molar refractivity (Wildman–Crippen MR) is 86.7 cm³/mol. The first-order valence-electron chi connectivity index (χ1n) is 7.38. The molecule has 2 atom stereocenters. The van der Waals surface area contributed by atoms with Gasteiger partial charge in [-0.3, -0.25) is 9.88 Å². The molecule has 3 nitrogen and oxygen atoms in total. The highest BCUT2D eigenvalue weighted by molar-refractivity contribution is 9.09. The van der Waals surface area contributed by atoms with E-state index < -0.39 is 0 Å². The van der Waals surface area contributed by atoms with Crippen molar-refractivity contribution in [1.29, 1.82) is 0 Å². The van der Waals surface area contributed by atoms with E-state index in [2.05, 4.69) is 39.8 Å². The second kappa shape index (κ2) is 6.90. The minimum Gasteiger partial charge on any atom is -0.496 e. The van der Waals surface area contributed by atoms with E-state index in [-0.39, 0.29) is 0 Å². The van der Waals surface area contributed by atoms with Gasteiger partial charge in [0.2, 0.25) is 0 Å². The van der Waals surface area contributed by atoms with Crippen molar-refractivity contribution >= 4 is 15.9 Å². The van der Waals surface area contributed by atoms with Crippen molar-refractivity contribution in [3.63, 3.8) is 0 Å². The average Bonchev–Trinajstić information content (AvgIpc) is 2.43. The molecule has 0 saturated heterocycles. The zero-order valence-electron chi connectivity index (χ0n) is 12.9. The third-order valence-electron chi connectivity index (χ3n) is 4.36. The second-order valence-corrected chi connectivity index (χ2v) is 7.01. The number of alkyl halides is 1. The number of halogens is 1. The van der Waals surface area contributed by atoms with Crippen LogP contribution in [0, 0.1) is 13.8 Å². The van der Waals surface area contributed by atoms with E-state index in [0.717, 1.165) is 23.6 Å². The molecule has 4 heteroatoms. The number of ether oxygens (including phenoxy) is 1. The molecule has 1 saturated carbocycles. The summed E-state index contributed by atoms with van der Waals surface area (Å²) in [6.07, 6.45) is 7.14. The summed E-state index contributed by atoms with van der Waals surface area (Å²) in [5.41, 5.74) is 3.40. The lowest BCUT2D eigenvalue weighted by atomic mass is 9.94. The SMILES string of the molecule is COc1c(C)cnc(CN(C)C2CCCCC2Br)c1C. The third kappa shape index (κ3) is 3.34. The highest BCUT2D eigenvalue weighted by atomic mass is 79.9. The van der Waals surface area contributed by atoms with Crippen LogP contribution in [-0.2, 0) is 6.54 Å². The molecule has 1 aromatic rings. The molecule has 1 heterocycles. The average molecular weight is 341 g/mol. The van der Waals surface area contributed by atoms with Gasteiger partial charge in [0.1, 0.15) is 5.75 Å². The summed E-state index contributed by atoms with van der Waals surface area (Å²) in [7, 11) is 3.94. The molecular weight excluding hydrogens is 316 g/mol. The summed E-state index contributed by atoms with van der Waals surface area (Å²) >= 11 is 3.84. The number of pyridine rings is 1. The fourth-order valence-electron chi connectivity index (χ4n) is 3.15. The van der Waals surface area contributed by atoms with Crippen molar-refractivity contribution < 1.29 is 4.74 Å². The van der Waals surface area contributed by atoms with Gasteiger partial charge in [-0.05, 0) is 33.7 Å². The molecule has 0 aromatic carbocycles. The monoisotopic (exact) mass is 340 g/mol. The molecule has 0 radical (unpaired) electrons. The van der Waals surface area contributed by atoms with E-state index in [1.165, 1.54) is 31.2 Å². The molecule has 1 aliphatic carbocycles. The zero-order valence-corrected chi connectivity index (χ0v) is 14.5. The fraction of sp³-hybridized carbons (Fsp3) is 0.688. The maximum Gasteiger partial charge on any atom is 0.128 e. The summed E-state index contributed by atoms with van der Waals surface area (Å²) in [6.45, 7) is 5.03. The Labute approximate surface area is 130 Å². The number of aryl methyl sites for hydroxylation is 1. The van der Waals surface area contributed by atoms with Crippen molar-refractivity contribution in [3.05, 3.63) is 23.0 Å². The van der Waals surface area contributed by atoms with Crippen molar-refractivity contribution in [2.45, 2.75) is 56.9 Å². The van der Waals surface area contributed by atoms with Crippen molar-refractivity contribution in [2.75, 3.05) is 14.2 Å². The molecule has 112 valence electrons. The lowest BCUT2D eigenvalue weighted by Crippen LogP contribution is -2.40. The Bertz CT molecular complexity index is 464. The van der Waals surface area contributed by atoms with Crippen LogP contribution in [0.25, 0.3) is 0 Å². The molecule has 2 rings (SSSR count). The quantitative estimate of drug-likeness (QED) is 0.778. The van der Waals surface area contributed by atoms with Crippen LogP contribution in [0.1, 0.15) is 42.5 Å². The van der Waals surface area contributed by atoms with Gasteiger partial charge in [-0.25, -0.2) is 0 Å². The van der Waals surface area contributed by atoms with Crippen LogP contribution in [0.5, 0.6) is 5.75 Å². The highest BCUT2D eigenvalue weighted by Gasteiger charge is 2.26. The van der Waals surface area contributed by atoms with Crippen LogP contribution < -0.4 is 4.74 Å². The summed E-state index contributed by atoms with van der Waals surface area (Å²) in [5, 5.41) is 0. The summed E-state index contributed by atoms with van der Waals surface area (Å²) in [6, 6.07) is 0.609. The van der Waals surface area contributed by atoms with Gasteiger partial charge in [-0.1, -0.05) is 28.8 Å². The Kier molecular flexibility index (Phi) is 5.44. The molecule has 0 N–H and O–H groups in total. The summed E-state index contributed by atoms with van der Waals surface area (Å²) in [4.78, 5) is 7.65. The van der Waals surface area contributed by atoms with Crippen molar-refractivity contribution in [3.8, 4) is 5.75 Å². The molecule has 0 aliphatic heterocycles. The standard InChI is InChI=1S/C16H25BrN2O/c1-11-9-18-14(12(2)16(11)20-4)10-19(3)15-8-6-5-7-13(15)17/h9,13,15H,5-8,10H2,1-4H3. The zero-order chi connectivity index (χ0) is 14.7.